The van der Waals surface area contributed by atoms with E-state index in [4.69, 9.17) is 5.11 Å². The molecule has 6 heteroatoms. The molecule has 0 saturated carbocycles. The fourth-order valence-corrected chi connectivity index (χ4v) is 2.92. The van der Waals surface area contributed by atoms with Gasteiger partial charge in [0.2, 0.25) is 5.91 Å². The van der Waals surface area contributed by atoms with Crippen LogP contribution in [0.3, 0.4) is 0 Å². The number of para-hydroxylation sites is 1. The third-order valence-electron chi connectivity index (χ3n) is 4.42. The molecule has 0 aliphatic carbocycles. The number of hydrogen-bond donors (Lipinski definition) is 4. The summed E-state index contributed by atoms with van der Waals surface area (Å²) >= 11 is 0. The van der Waals surface area contributed by atoms with Crippen LogP contribution in [0.1, 0.15) is 31.9 Å². The van der Waals surface area contributed by atoms with Crippen molar-refractivity contribution in [3.8, 4) is 0 Å². The summed E-state index contributed by atoms with van der Waals surface area (Å²) in [6.45, 7) is 2.49. The van der Waals surface area contributed by atoms with Crippen molar-refractivity contribution in [2.24, 2.45) is 5.92 Å². The number of fused-ring (bicyclic) bond motifs is 1. The fraction of sp³-hybridized carbons (Fsp3) is 0.474. The molecule has 4 N–H and O–H groups in total. The molecule has 2 atom stereocenters. The van der Waals surface area contributed by atoms with Gasteiger partial charge in [0, 0.05) is 23.7 Å². The second-order valence-corrected chi connectivity index (χ2v) is 6.45. The van der Waals surface area contributed by atoms with E-state index >= 15 is 0 Å². The summed E-state index contributed by atoms with van der Waals surface area (Å²) in [5.74, 6) is -0.919. The summed E-state index contributed by atoms with van der Waals surface area (Å²) in [4.78, 5) is 26.4. The van der Waals surface area contributed by atoms with Crippen LogP contribution in [0.15, 0.2) is 30.3 Å². The standard InChI is InChI=1S/C19H27N3O3/c1-13(11-15-12-14-7-3-4-8-16(14)22-15)18(23)21-10-6-5-9-17(20-2)19(24)25/h3-4,7-8,12-13,17,20,22H,5-6,9-11H2,1-2H3,(H,21,23)(H,24,25)/t13-,17+/m1/s1. The summed E-state index contributed by atoms with van der Waals surface area (Å²) < 4.78 is 0. The zero-order valence-electron chi connectivity index (χ0n) is 14.8. The number of likely N-dealkylation sites (N-methyl/N-ethyl adjacent to an activating group) is 1. The molecule has 6 nitrogen and oxygen atoms in total. The molecule has 0 spiro atoms. The average molecular weight is 345 g/mol. The number of carbonyl (C=O) groups excluding carboxylic acids is 1. The van der Waals surface area contributed by atoms with Crippen molar-refractivity contribution in [3.05, 3.63) is 36.0 Å². The second-order valence-electron chi connectivity index (χ2n) is 6.45. The van der Waals surface area contributed by atoms with Crippen molar-refractivity contribution < 1.29 is 14.7 Å². The van der Waals surface area contributed by atoms with E-state index < -0.39 is 12.0 Å². The Bertz CT molecular complexity index is 678. The minimum absolute atomic E-state index is 0.0297. The summed E-state index contributed by atoms with van der Waals surface area (Å²) in [6, 6.07) is 9.63. The van der Waals surface area contributed by atoms with E-state index in [1.807, 2.05) is 25.1 Å². The fourth-order valence-electron chi connectivity index (χ4n) is 2.92. The van der Waals surface area contributed by atoms with E-state index in [-0.39, 0.29) is 11.8 Å². The Morgan fingerprint density at radius 1 is 1.24 bits per heavy atom. The molecule has 136 valence electrons. The third-order valence-corrected chi connectivity index (χ3v) is 4.42. The molecule has 1 heterocycles. The van der Waals surface area contributed by atoms with Crippen molar-refractivity contribution in [1.82, 2.24) is 15.6 Å². The van der Waals surface area contributed by atoms with E-state index in [0.29, 0.717) is 19.4 Å². The van der Waals surface area contributed by atoms with Crippen LogP contribution >= 0.6 is 0 Å². The molecule has 0 radical (unpaired) electrons. The first-order valence-electron chi connectivity index (χ1n) is 8.75. The van der Waals surface area contributed by atoms with Gasteiger partial charge < -0.3 is 20.7 Å². The number of aromatic nitrogens is 1. The van der Waals surface area contributed by atoms with Crippen LogP contribution in [0.4, 0.5) is 0 Å². The van der Waals surface area contributed by atoms with Gasteiger partial charge in [0.25, 0.3) is 0 Å². The highest BCUT2D eigenvalue weighted by atomic mass is 16.4. The molecule has 25 heavy (non-hydrogen) atoms. The summed E-state index contributed by atoms with van der Waals surface area (Å²) in [5, 5.41) is 15.8. The second kappa shape index (κ2) is 9.22. The van der Waals surface area contributed by atoms with Crippen LogP contribution in [-0.2, 0) is 16.0 Å². The molecule has 0 unspecified atom stereocenters. The Labute approximate surface area is 148 Å². The minimum atomic E-state index is -0.835. The molecule has 0 bridgehead atoms. The van der Waals surface area contributed by atoms with E-state index in [0.717, 1.165) is 29.4 Å². The lowest BCUT2D eigenvalue weighted by Gasteiger charge is -2.13. The van der Waals surface area contributed by atoms with Crippen LogP contribution in [0, 0.1) is 5.92 Å². The number of aliphatic carboxylic acids is 1. The number of nitrogens with one attached hydrogen (secondary N) is 3. The van der Waals surface area contributed by atoms with Crippen molar-refractivity contribution >= 4 is 22.8 Å². The molecule has 1 aromatic carbocycles. The van der Waals surface area contributed by atoms with Gasteiger partial charge in [-0.25, -0.2) is 0 Å². The molecule has 0 aliphatic rings. The maximum absolute atomic E-state index is 12.2. The molecular formula is C19H27N3O3. The van der Waals surface area contributed by atoms with Gasteiger partial charge in [0.1, 0.15) is 6.04 Å². The topological polar surface area (TPSA) is 94.2 Å². The highest BCUT2D eigenvalue weighted by Gasteiger charge is 2.15. The first kappa shape index (κ1) is 19.0. The van der Waals surface area contributed by atoms with Crippen LogP contribution in [-0.4, -0.2) is 41.6 Å². The van der Waals surface area contributed by atoms with Crippen molar-refractivity contribution in [2.75, 3.05) is 13.6 Å². The summed E-state index contributed by atoms with van der Waals surface area (Å²) in [5.41, 5.74) is 2.14. The monoisotopic (exact) mass is 345 g/mol. The summed E-state index contributed by atoms with van der Waals surface area (Å²) in [6.07, 6.45) is 2.76. The zero-order valence-corrected chi connectivity index (χ0v) is 14.8. The Balaban J connectivity index is 1.70. The number of H-pyrrole nitrogens is 1. The van der Waals surface area contributed by atoms with Crippen LogP contribution in [0.2, 0.25) is 0 Å². The minimum Gasteiger partial charge on any atom is -0.480 e. The lowest BCUT2D eigenvalue weighted by atomic mass is 10.0. The molecule has 1 aromatic heterocycles. The molecule has 1 amide bonds. The number of hydrogen-bond acceptors (Lipinski definition) is 3. The Hall–Kier alpha value is -2.34. The highest BCUT2D eigenvalue weighted by Crippen LogP contribution is 2.17. The van der Waals surface area contributed by atoms with Gasteiger partial charge in [0.15, 0.2) is 0 Å². The molecule has 2 rings (SSSR count). The molecule has 0 aliphatic heterocycles. The predicted octanol–water partition coefficient (Wildman–Crippen LogP) is 2.31. The summed E-state index contributed by atoms with van der Waals surface area (Å²) in [7, 11) is 1.65. The predicted molar refractivity (Wildman–Crippen MR) is 98.5 cm³/mol. The molecule has 2 aromatic rings. The van der Waals surface area contributed by atoms with Gasteiger partial charge in [-0.05, 0) is 50.2 Å². The smallest absolute Gasteiger partial charge is 0.320 e. The number of amides is 1. The number of aromatic amines is 1. The number of carboxylic acids is 1. The normalized spacial score (nSPS) is 13.5. The van der Waals surface area contributed by atoms with E-state index in [9.17, 15) is 9.59 Å². The number of carbonyl (C=O) groups is 2. The first-order valence-corrected chi connectivity index (χ1v) is 8.75. The highest BCUT2D eigenvalue weighted by molar-refractivity contribution is 5.81. The Morgan fingerprint density at radius 2 is 2.00 bits per heavy atom. The van der Waals surface area contributed by atoms with E-state index in [2.05, 4.69) is 27.8 Å². The largest absolute Gasteiger partial charge is 0.480 e. The first-order chi connectivity index (χ1) is 12.0. The maximum Gasteiger partial charge on any atom is 0.320 e. The number of rotatable bonds is 10. The van der Waals surface area contributed by atoms with Gasteiger partial charge in [-0.15, -0.1) is 0 Å². The van der Waals surface area contributed by atoms with E-state index in [1.165, 1.54) is 0 Å². The van der Waals surface area contributed by atoms with Gasteiger partial charge in [0.05, 0.1) is 0 Å². The lowest BCUT2D eigenvalue weighted by molar-refractivity contribution is -0.139. The van der Waals surface area contributed by atoms with Crippen LogP contribution in [0.25, 0.3) is 10.9 Å². The SMILES string of the molecule is CN[C@@H](CCCCNC(=O)[C@H](C)Cc1cc2ccccc2[nH]1)C(=O)O. The van der Waals surface area contributed by atoms with Gasteiger partial charge in [-0.2, -0.15) is 0 Å². The van der Waals surface area contributed by atoms with Gasteiger partial charge in [-0.3, -0.25) is 9.59 Å². The van der Waals surface area contributed by atoms with Gasteiger partial charge in [-0.1, -0.05) is 25.1 Å². The Morgan fingerprint density at radius 3 is 2.68 bits per heavy atom. The Kier molecular flexibility index (Phi) is 7.01. The van der Waals surface area contributed by atoms with Crippen molar-refractivity contribution in [2.45, 2.75) is 38.6 Å². The van der Waals surface area contributed by atoms with Crippen molar-refractivity contribution in [3.63, 3.8) is 0 Å². The van der Waals surface area contributed by atoms with Crippen molar-refractivity contribution in [1.29, 1.82) is 0 Å². The lowest BCUT2D eigenvalue weighted by Crippen LogP contribution is -2.34. The number of unbranched alkanes of at least 4 members (excludes halogenated alkanes) is 1. The van der Waals surface area contributed by atoms with Crippen LogP contribution in [0.5, 0.6) is 0 Å². The van der Waals surface area contributed by atoms with Crippen LogP contribution < -0.4 is 10.6 Å². The maximum atomic E-state index is 12.2. The quantitative estimate of drug-likeness (QED) is 0.497. The zero-order chi connectivity index (χ0) is 18.2. The van der Waals surface area contributed by atoms with Gasteiger partial charge >= 0.3 is 5.97 Å². The molecule has 0 fully saturated rings. The number of benzene rings is 1. The third kappa shape index (κ3) is 5.60. The molecule has 0 saturated heterocycles. The number of carboxylic acid groups (broad SMARTS) is 1. The average Bonchev–Trinajstić information content (AvgIpc) is 2.99. The molecular weight excluding hydrogens is 318 g/mol. The van der Waals surface area contributed by atoms with E-state index in [1.54, 1.807) is 7.05 Å².